The quantitative estimate of drug-likeness (QED) is 0.585. The molecule has 0 aromatic heterocycles. The molecular formula is C25H27N5O2. The smallest absolute Gasteiger partial charge is 0.257 e. The fourth-order valence-corrected chi connectivity index (χ4v) is 3.71. The van der Waals surface area contributed by atoms with Gasteiger partial charge in [0.1, 0.15) is 18.2 Å². The number of hydrogen-bond acceptors (Lipinski definition) is 5. The van der Waals surface area contributed by atoms with E-state index in [0.717, 1.165) is 31.4 Å². The molecule has 1 heterocycles. The van der Waals surface area contributed by atoms with Gasteiger partial charge in [-0.25, -0.2) is 0 Å². The van der Waals surface area contributed by atoms with Crippen LogP contribution >= 0.6 is 0 Å². The van der Waals surface area contributed by atoms with Gasteiger partial charge in [-0.2, -0.15) is 15.8 Å². The number of anilines is 1. The first-order valence-electron chi connectivity index (χ1n) is 10.9. The number of unbranched alkanes of at least 4 members (excludes halogenated alkanes) is 1. The van der Waals surface area contributed by atoms with Crippen molar-refractivity contribution in [3.63, 3.8) is 0 Å². The van der Waals surface area contributed by atoms with Crippen molar-refractivity contribution in [1.29, 1.82) is 15.8 Å². The molecule has 0 bridgehead atoms. The Balaban J connectivity index is 2.43. The Kier molecular flexibility index (Phi) is 8.75. The highest BCUT2D eigenvalue weighted by Gasteiger charge is 2.31. The molecule has 7 nitrogen and oxygen atoms in total. The predicted molar refractivity (Wildman–Crippen MR) is 121 cm³/mol. The van der Waals surface area contributed by atoms with Crippen molar-refractivity contribution >= 4 is 23.1 Å². The minimum atomic E-state index is -0.542. The normalized spacial score (nSPS) is 13.6. The Morgan fingerprint density at radius 1 is 1.09 bits per heavy atom. The average Bonchev–Trinajstić information content (AvgIpc) is 3.15. The van der Waals surface area contributed by atoms with Crippen LogP contribution in [0.15, 0.2) is 41.1 Å². The molecule has 0 fully saturated rings. The molecule has 0 saturated heterocycles. The summed E-state index contributed by atoms with van der Waals surface area (Å²) in [4.78, 5) is 27.0. The zero-order valence-corrected chi connectivity index (χ0v) is 18.7. The van der Waals surface area contributed by atoms with Crippen molar-refractivity contribution in [3.05, 3.63) is 46.7 Å². The van der Waals surface area contributed by atoms with Gasteiger partial charge in [-0.05, 0) is 30.0 Å². The van der Waals surface area contributed by atoms with E-state index >= 15 is 0 Å². The molecule has 1 aromatic carbocycles. The highest BCUT2D eigenvalue weighted by atomic mass is 16.2. The van der Waals surface area contributed by atoms with E-state index in [4.69, 9.17) is 10.5 Å². The molecule has 2 rings (SSSR count). The number of hydrogen-bond donors (Lipinski definition) is 1. The average molecular weight is 430 g/mol. The standard InChI is InChI=1S/C25H27N5O2/c1-4-7-8-17(5-2)16-30(22(31)6-3)20-11-9-18(10-12-20)23-21(15-28)24(29-25(23)32)19(13-26)14-27/h9-12,17H,4-8,16H2,1-3H3,(H,29,32). The van der Waals surface area contributed by atoms with Crippen molar-refractivity contribution in [1.82, 2.24) is 5.32 Å². The molecule has 0 aliphatic carbocycles. The maximum atomic E-state index is 12.7. The van der Waals surface area contributed by atoms with Gasteiger partial charge < -0.3 is 10.2 Å². The van der Waals surface area contributed by atoms with Gasteiger partial charge in [0, 0.05) is 18.7 Å². The molecule has 1 atom stereocenters. The maximum Gasteiger partial charge on any atom is 0.257 e. The molecular weight excluding hydrogens is 402 g/mol. The van der Waals surface area contributed by atoms with Crippen molar-refractivity contribution in [3.8, 4) is 18.2 Å². The van der Waals surface area contributed by atoms with Crippen molar-refractivity contribution in [2.75, 3.05) is 11.4 Å². The van der Waals surface area contributed by atoms with Gasteiger partial charge in [-0.3, -0.25) is 9.59 Å². The third-order valence-electron chi connectivity index (χ3n) is 5.61. The van der Waals surface area contributed by atoms with Crippen LogP contribution in [0.2, 0.25) is 0 Å². The minimum Gasteiger partial charge on any atom is -0.319 e. The lowest BCUT2D eigenvalue weighted by atomic mass is 9.97. The summed E-state index contributed by atoms with van der Waals surface area (Å²) in [7, 11) is 0. The monoisotopic (exact) mass is 429 g/mol. The Morgan fingerprint density at radius 2 is 1.75 bits per heavy atom. The summed E-state index contributed by atoms with van der Waals surface area (Å²) in [6, 6.07) is 12.2. The van der Waals surface area contributed by atoms with Gasteiger partial charge in [0.2, 0.25) is 5.91 Å². The van der Waals surface area contributed by atoms with Crippen LogP contribution in [0.1, 0.15) is 58.4 Å². The third-order valence-corrected chi connectivity index (χ3v) is 5.61. The molecule has 0 saturated carbocycles. The highest BCUT2D eigenvalue weighted by molar-refractivity contribution is 6.26. The van der Waals surface area contributed by atoms with Gasteiger partial charge in [0.05, 0.1) is 16.8 Å². The number of allylic oxidation sites excluding steroid dienone is 2. The molecule has 1 aliphatic heterocycles. The summed E-state index contributed by atoms with van der Waals surface area (Å²) in [5.74, 6) is -0.109. The lowest BCUT2D eigenvalue weighted by Gasteiger charge is -2.27. The maximum absolute atomic E-state index is 12.7. The van der Waals surface area contributed by atoms with E-state index in [1.54, 1.807) is 41.3 Å². The van der Waals surface area contributed by atoms with Crippen LogP contribution in [0, 0.1) is 39.9 Å². The zero-order chi connectivity index (χ0) is 23.7. The second-order valence-electron chi connectivity index (χ2n) is 7.61. The second kappa shape index (κ2) is 11.5. The van der Waals surface area contributed by atoms with Gasteiger partial charge >= 0.3 is 0 Å². The van der Waals surface area contributed by atoms with E-state index in [-0.39, 0.29) is 28.3 Å². The molecule has 0 radical (unpaired) electrons. The molecule has 0 spiro atoms. The van der Waals surface area contributed by atoms with Crippen LogP contribution in [0.3, 0.4) is 0 Å². The van der Waals surface area contributed by atoms with E-state index in [0.29, 0.717) is 24.4 Å². The molecule has 1 unspecified atom stereocenters. The summed E-state index contributed by atoms with van der Waals surface area (Å²) in [6.07, 6.45) is 4.67. The number of rotatable bonds is 9. The highest BCUT2D eigenvalue weighted by Crippen LogP contribution is 2.31. The first-order chi connectivity index (χ1) is 15.4. The summed E-state index contributed by atoms with van der Waals surface area (Å²) in [5.41, 5.74) is 0.909. The Bertz CT molecular complexity index is 1050. The number of amides is 2. The van der Waals surface area contributed by atoms with Crippen LogP contribution < -0.4 is 10.2 Å². The molecule has 2 amide bonds. The van der Waals surface area contributed by atoms with E-state index in [9.17, 15) is 14.9 Å². The number of carbonyl (C=O) groups excluding carboxylic acids is 2. The SMILES string of the molecule is CCCCC(CC)CN(C(=O)CC)c1ccc(C2=C(C#N)C(=C(C#N)C#N)NC2=O)cc1. The van der Waals surface area contributed by atoms with Gasteiger partial charge in [0.25, 0.3) is 5.91 Å². The zero-order valence-electron chi connectivity index (χ0n) is 18.7. The van der Waals surface area contributed by atoms with Crippen LogP contribution in [0.5, 0.6) is 0 Å². The largest absolute Gasteiger partial charge is 0.319 e. The molecule has 164 valence electrons. The minimum absolute atomic E-state index is 0.0288. The van der Waals surface area contributed by atoms with E-state index < -0.39 is 5.91 Å². The first kappa shape index (κ1) is 24.4. The van der Waals surface area contributed by atoms with Crippen molar-refractivity contribution in [2.24, 2.45) is 5.92 Å². The molecule has 1 N–H and O–H groups in total. The summed E-state index contributed by atoms with van der Waals surface area (Å²) < 4.78 is 0. The predicted octanol–water partition coefficient (Wildman–Crippen LogP) is 4.35. The summed E-state index contributed by atoms with van der Waals surface area (Å²) in [6.45, 7) is 6.75. The lowest BCUT2D eigenvalue weighted by molar-refractivity contribution is -0.118. The topological polar surface area (TPSA) is 121 Å². The second-order valence-corrected chi connectivity index (χ2v) is 7.61. The van der Waals surface area contributed by atoms with Crippen LogP contribution in [-0.2, 0) is 9.59 Å². The molecule has 1 aliphatic rings. The number of nitriles is 3. The first-order valence-corrected chi connectivity index (χ1v) is 10.9. The lowest BCUT2D eigenvalue weighted by Crippen LogP contribution is -2.35. The Labute approximate surface area is 189 Å². The van der Waals surface area contributed by atoms with Gasteiger partial charge in [-0.15, -0.1) is 0 Å². The van der Waals surface area contributed by atoms with Gasteiger partial charge in [0.15, 0.2) is 5.57 Å². The molecule has 7 heteroatoms. The number of nitrogens with one attached hydrogen (secondary N) is 1. The van der Waals surface area contributed by atoms with Crippen molar-refractivity contribution in [2.45, 2.75) is 52.9 Å². The third kappa shape index (κ3) is 5.23. The van der Waals surface area contributed by atoms with Crippen LogP contribution in [0.25, 0.3) is 5.57 Å². The number of nitrogens with zero attached hydrogens (tertiary/aromatic N) is 4. The van der Waals surface area contributed by atoms with E-state index in [1.807, 2.05) is 13.0 Å². The molecule has 32 heavy (non-hydrogen) atoms. The summed E-state index contributed by atoms with van der Waals surface area (Å²) in [5, 5.41) is 30.2. The number of benzene rings is 1. The molecule has 1 aromatic rings. The van der Waals surface area contributed by atoms with Crippen molar-refractivity contribution < 1.29 is 9.59 Å². The number of carbonyl (C=O) groups is 2. The van der Waals surface area contributed by atoms with Crippen LogP contribution in [0.4, 0.5) is 5.69 Å². The van der Waals surface area contributed by atoms with E-state index in [1.165, 1.54) is 0 Å². The fraction of sp³-hybridized carbons (Fsp3) is 0.400. The Hall–Kier alpha value is -3.89. The van der Waals surface area contributed by atoms with Gasteiger partial charge in [-0.1, -0.05) is 52.2 Å². The van der Waals surface area contributed by atoms with E-state index in [2.05, 4.69) is 19.2 Å². The summed E-state index contributed by atoms with van der Waals surface area (Å²) >= 11 is 0. The Morgan fingerprint density at radius 3 is 2.25 bits per heavy atom. The van der Waals surface area contributed by atoms with Crippen LogP contribution in [-0.4, -0.2) is 18.4 Å². The fourth-order valence-electron chi connectivity index (χ4n) is 3.71.